The van der Waals surface area contributed by atoms with Crippen LogP contribution in [0, 0.1) is 10.1 Å². The van der Waals surface area contributed by atoms with Crippen molar-refractivity contribution in [1.82, 2.24) is 5.32 Å². The molecule has 0 aliphatic heterocycles. The van der Waals surface area contributed by atoms with Crippen molar-refractivity contribution in [2.24, 2.45) is 0 Å². The number of rotatable bonds is 8. The number of nitrogens with zero attached hydrogens (tertiary/aromatic N) is 1. The third-order valence-corrected chi connectivity index (χ3v) is 5.94. The van der Waals surface area contributed by atoms with Crippen LogP contribution in [0.3, 0.4) is 0 Å². The van der Waals surface area contributed by atoms with E-state index in [1.54, 1.807) is 18.2 Å². The van der Waals surface area contributed by atoms with E-state index in [1.165, 1.54) is 54.8 Å². The van der Waals surface area contributed by atoms with Gasteiger partial charge in [-0.3, -0.25) is 19.7 Å². The highest BCUT2D eigenvalue weighted by Gasteiger charge is 2.19. The Balaban J connectivity index is 1.74. The number of carbonyl (C=O) groups excluding carboxylic acids is 3. The number of carbonyl (C=O) groups is 3. The number of non-ortho nitro benzene ring substituents is 1. The molecule has 170 valence electrons. The van der Waals surface area contributed by atoms with Gasteiger partial charge in [-0.15, -0.1) is 11.3 Å². The van der Waals surface area contributed by atoms with Crippen LogP contribution >= 0.6 is 11.3 Å². The van der Waals surface area contributed by atoms with E-state index < -0.39 is 22.7 Å². The minimum Gasteiger partial charge on any atom is -0.465 e. The van der Waals surface area contributed by atoms with Gasteiger partial charge < -0.3 is 15.4 Å². The van der Waals surface area contributed by atoms with Crippen LogP contribution in [0.25, 0.3) is 0 Å². The Morgan fingerprint density at radius 1 is 1.03 bits per heavy atom. The number of esters is 1. The van der Waals surface area contributed by atoms with Gasteiger partial charge in [0.05, 0.1) is 23.2 Å². The van der Waals surface area contributed by atoms with E-state index in [2.05, 4.69) is 15.4 Å². The molecule has 0 aliphatic rings. The third-order valence-electron chi connectivity index (χ3n) is 4.75. The zero-order valence-electron chi connectivity index (χ0n) is 17.9. The van der Waals surface area contributed by atoms with E-state index >= 15 is 0 Å². The largest absolute Gasteiger partial charge is 0.465 e. The molecule has 1 aromatic heterocycles. The Kier molecular flexibility index (Phi) is 7.52. The highest BCUT2D eigenvalue weighted by molar-refractivity contribution is 7.16. The number of nitrogens with one attached hydrogen (secondary N) is 2. The number of nitro groups is 1. The lowest BCUT2D eigenvalue weighted by molar-refractivity contribution is -0.384. The van der Waals surface area contributed by atoms with Gasteiger partial charge in [0, 0.05) is 29.1 Å². The number of methoxy groups -OCH3 is 1. The summed E-state index contributed by atoms with van der Waals surface area (Å²) in [6.07, 6.45) is 0.680. The fourth-order valence-electron chi connectivity index (χ4n) is 2.99. The van der Waals surface area contributed by atoms with Crippen molar-refractivity contribution in [3.63, 3.8) is 0 Å². The number of amides is 2. The first kappa shape index (κ1) is 23.6. The molecule has 3 aromatic rings. The summed E-state index contributed by atoms with van der Waals surface area (Å²) < 4.78 is 4.65. The summed E-state index contributed by atoms with van der Waals surface area (Å²) in [4.78, 5) is 48.4. The summed E-state index contributed by atoms with van der Waals surface area (Å²) in [5, 5.41) is 16.8. The molecule has 0 bridgehead atoms. The molecular weight excluding hydrogens is 446 g/mol. The van der Waals surface area contributed by atoms with E-state index in [4.69, 9.17) is 0 Å². The maximum Gasteiger partial charge on any atom is 0.337 e. The van der Waals surface area contributed by atoms with Crippen LogP contribution in [0.1, 0.15) is 48.4 Å². The van der Waals surface area contributed by atoms with Crippen molar-refractivity contribution < 1.29 is 24.0 Å². The number of anilines is 1. The lowest BCUT2D eigenvalue weighted by Crippen LogP contribution is -2.24. The number of hydrogen-bond donors (Lipinski definition) is 2. The molecule has 0 atom stereocenters. The summed E-state index contributed by atoms with van der Waals surface area (Å²) in [6, 6.07) is 13.7. The Morgan fingerprint density at radius 3 is 2.36 bits per heavy atom. The average Bonchev–Trinajstić information content (AvgIpc) is 3.25. The number of nitro benzene ring substituents is 1. The molecule has 2 N–H and O–H groups in total. The monoisotopic (exact) mass is 467 g/mol. The SMILES string of the molecule is CCc1cc(C(=O)NCc2cccc([N+](=O)[O-])c2)c(NC(=O)c2ccc(C(=O)OC)cc2)s1. The van der Waals surface area contributed by atoms with Gasteiger partial charge in [-0.05, 0) is 42.3 Å². The average molecular weight is 468 g/mol. The van der Waals surface area contributed by atoms with Crippen molar-refractivity contribution in [3.05, 3.63) is 91.8 Å². The van der Waals surface area contributed by atoms with Crippen LogP contribution in [0.15, 0.2) is 54.6 Å². The first-order valence-corrected chi connectivity index (χ1v) is 10.8. The minimum absolute atomic E-state index is 0.0586. The molecule has 10 heteroatoms. The molecule has 2 amide bonds. The molecule has 0 aliphatic carbocycles. The summed E-state index contributed by atoms with van der Waals surface area (Å²) in [5.41, 5.74) is 1.47. The van der Waals surface area contributed by atoms with E-state index in [9.17, 15) is 24.5 Å². The second-order valence-corrected chi connectivity index (χ2v) is 8.08. The van der Waals surface area contributed by atoms with Crippen LogP contribution in [0.2, 0.25) is 0 Å². The highest BCUT2D eigenvalue weighted by atomic mass is 32.1. The standard InChI is InChI=1S/C23H21N3O6S/c1-3-18-12-19(21(28)24-13-14-5-4-6-17(11-14)26(30)31)22(33-18)25-20(27)15-7-9-16(10-8-15)23(29)32-2/h4-12H,3,13H2,1-2H3,(H,24,28)(H,25,27). The molecule has 2 aromatic carbocycles. The number of benzene rings is 2. The predicted molar refractivity (Wildman–Crippen MR) is 124 cm³/mol. The van der Waals surface area contributed by atoms with Crippen LogP contribution in [0.4, 0.5) is 10.7 Å². The van der Waals surface area contributed by atoms with Crippen molar-refractivity contribution in [2.45, 2.75) is 19.9 Å². The van der Waals surface area contributed by atoms with E-state index in [-0.39, 0.29) is 12.2 Å². The van der Waals surface area contributed by atoms with Gasteiger partial charge in [-0.25, -0.2) is 4.79 Å². The van der Waals surface area contributed by atoms with Crippen molar-refractivity contribution in [1.29, 1.82) is 0 Å². The molecule has 33 heavy (non-hydrogen) atoms. The first-order chi connectivity index (χ1) is 15.8. The molecule has 0 saturated carbocycles. The second-order valence-electron chi connectivity index (χ2n) is 6.94. The summed E-state index contributed by atoms with van der Waals surface area (Å²) in [6.45, 7) is 2.04. The zero-order chi connectivity index (χ0) is 24.0. The highest BCUT2D eigenvalue weighted by Crippen LogP contribution is 2.29. The van der Waals surface area contributed by atoms with E-state index in [1.807, 2.05) is 6.92 Å². The molecule has 1 heterocycles. The zero-order valence-corrected chi connectivity index (χ0v) is 18.7. The van der Waals surface area contributed by atoms with Gasteiger partial charge in [-0.1, -0.05) is 19.1 Å². The lowest BCUT2D eigenvalue weighted by atomic mass is 10.1. The Morgan fingerprint density at radius 2 is 1.73 bits per heavy atom. The van der Waals surface area contributed by atoms with Gasteiger partial charge in [0.2, 0.25) is 0 Å². The number of thiophene rings is 1. The summed E-state index contributed by atoms with van der Waals surface area (Å²) in [5.74, 6) is -1.34. The predicted octanol–water partition coefficient (Wildman–Crippen LogP) is 4.19. The molecule has 0 radical (unpaired) electrons. The smallest absolute Gasteiger partial charge is 0.337 e. The molecule has 0 saturated heterocycles. The second kappa shape index (κ2) is 10.5. The van der Waals surface area contributed by atoms with Gasteiger partial charge in [0.1, 0.15) is 5.00 Å². The third kappa shape index (κ3) is 5.80. The maximum atomic E-state index is 12.8. The number of aryl methyl sites for hydroxylation is 1. The summed E-state index contributed by atoms with van der Waals surface area (Å²) >= 11 is 1.29. The van der Waals surface area contributed by atoms with Crippen LogP contribution in [0.5, 0.6) is 0 Å². The Bertz CT molecular complexity index is 1200. The molecule has 0 spiro atoms. The number of ether oxygens (including phenoxy) is 1. The summed E-state index contributed by atoms with van der Waals surface area (Å²) in [7, 11) is 1.27. The quantitative estimate of drug-likeness (QED) is 0.290. The molecule has 0 fully saturated rings. The molecule has 3 rings (SSSR count). The lowest BCUT2D eigenvalue weighted by Gasteiger charge is -2.08. The van der Waals surface area contributed by atoms with Crippen LogP contribution in [-0.2, 0) is 17.7 Å². The van der Waals surface area contributed by atoms with Gasteiger partial charge in [0.15, 0.2) is 0 Å². The van der Waals surface area contributed by atoms with Crippen molar-refractivity contribution >= 4 is 39.8 Å². The number of hydrogen-bond acceptors (Lipinski definition) is 7. The van der Waals surface area contributed by atoms with Crippen molar-refractivity contribution in [2.75, 3.05) is 12.4 Å². The maximum absolute atomic E-state index is 12.8. The fourth-order valence-corrected chi connectivity index (χ4v) is 3.97. The minimum atomic E-state index is -0.504. The van der Waals surface area contributed by atoms with Crippen LogP contribution in [-0.4, -0.2) is 29.8 Å². The molecule has 9 nitrogen and oxygen atoms in total. The normalized spacial score (nSPS) is 10.4. The molecular formula is C23H21N3O6S. The van der Waals surface area contributed by atoms with Gasteiger partial charge in [0.25, 0.3) is 17.5 Å². The van der Waals surface area contributed by atoms with Crippen molar-refractivity contribution in [3.8, 4) is 0 Å². The topological polar surface area (TPSA) is 128 Å². The molecule has 0 unspecified atom stereocenters. The fraction of sp³-hybridized carbons (Fsp3) is 0.174. The Hall–Kier alpha value is -4.05. The first-order valence-electron chi connectivity index (χ1n) is 9.96. The van der Waals surface area contributed by atoms with E-state index in [0.717, 1.165) is 4.88 Å². The van der Waals surface area contributed by atoms with Gasteiger partial charge in [-0.2, -0.15) is 0 Å². The Labute approximate surface area is 193 Å². The van der Waals surface area contributed by atoms with Crippen LogP contribution < -0.4 is 10.6 Å². The van der Waals surface area contributed by atoms with Gasteiger partial charge >= 0.3 is 5.97 Å². The van der Waals surface area contributed by atoms with E-state index in [0.29, 0.717) is 33.7 Å².